The molecule has 5 nitrogen and oxygen atoms in total. The number of nitrogens with one attached hydrogen (secondary N) is 2. The Bertz CT molecular complexity index is 761. The number of benzene rings is 1. The number of hydrogen-bond acceptors (Lipinski definition) is 3. The first-order chi connectivity index (χ1) is 10.5. The number of aromatic nitrogens is 2. The summed E-state index contributed by atoms with van der Waals surface area (Å²) >= 11 is 0. The van der Waals surface area contributed by atoms with Gasteiger partial charge in [-0.25, -0.2) is 0 Å². The van der Waals surface area contributed by atoms with Crippen molar-refractivity contribution in [3.8, 4) is 17.0 Å². The van der Waals surface area contributed by atoms with Crippen LogP contribution in [-0.2, 0) is 17.6 Å². The van der Waals surface area contributed by atoms with Gasteiger partial charge in [0.25, 0.3) is 5.91 Å². The monoisotopic (exact) mass is 297 g/mol. The number of aromatic amines is 1. The number of hydrogen-bond donors (Lipinski definition) is 2. The zero-order valence-corrected chi connectivity index (χ0v) is 12.8. The first-order valence-corrected chi connectivity index (χ1v) is 7.65. The molecule has 0 bridgehead atoms. The van der Waals surface area contributed by atoms with E-state index in [0.29, 0.717) is 11.2 Å². The fraction of sp³-hybridized carbons (Fsp3) is 0.412. The van der Waals surface area contributed by atoms with Crippen LogP contribution in [0.2, 0.25) is 0 Å². The SMILES string of the molecule is CC1(C)CCc2c(-c3ccc4c(c3)NC(=O)CO4)n[nH]c2C1. The van der Waals surface area contributed by atoms with Crippen LogP contribution in [0.3, 0.4) is 0 Å². The van der Waals surface area contributed by atoms with E-state index >= 15 is 0 Å². The van der Waals surface area contributed by atoms with Gasteiger partial charge in [0.15, 0.2) is 6.61 Å². The van der Waals surface area contributed by atoms with Gasteiger partial charge in [0.05, 0.1) is 11.4 Å². The Morgan fingerprint density at radius 1 is 1.32 bits per heavy atom. The van der Waals surface area contributed by atoms with Crippen LogP contribution in [-0.4, -0.2) is 22.7 Å². The molecule has 114 valence electrons. The van der Waals surface area contributed by atoms with E-state index in [1.807, 2.05) is 18.2 Å². The summed E-state index contributed by atoms with van der Waals surface area (Å²) in [6, 6.07) is 5.85. The predicted molar refractivity (Wildman–Crippen MR) is 84.0 cm³/mol. The standard InChI is InChI=1S/C17H19N3O2/c1-17(2)6-5-11-13(8-17)19-20-16(11)10-3-4-14-12(7-10)18-15(21)9-22-14/h3-4,7H,5-6,8-9H2,1-2H3,(H,18,21)(H,19,20). The van der Waals surface area contributed by atoms with Crippen LogP contribution in [0.4, 0.5) is 5.69 Å². The van der Waals surface area contributed by atoms with Crippen LogP contribution in [0.1, 0.15) is 31.5 Å². The van der Waals surface area contributed by atoms with Crippen molar-refractivity contribution in [3.05, 3.63) is 29.5 Å². The van der Waals surface area contributed by atoms with Gasteiger partial charge in [-0.3, -0.25) is 9.89 Å². The van der Waals surface area contributed by atoms with Crippen LogP contribution in [0.25, 0.3) is 11.3 Å². The van der Waals surface area contributed by atoms with Crippen LogP contribution < -0.4 is 10.1 Å². The quantitative estimate of drug-likeness (QED) is 0.850. The third kappa shape index (κ3) is 2.17. The molecule has 1 aromatic carbocycles. The topological polar surface area (TPSA) is 67.0 Å². The molecule has 2 heterocycles. The molecule has 0 atom stereocenters. The van der Waals surface area contributed by atoms with Gasteiger partial charge in [0.1, 0.15) is 5.75 Å². The molecule has 1 amide bonds. The highest BCUT2D eigenvalue weighted by atomic mass is 16.5. The lowest BCUT2D eigenvalue weighted by Gasteiger charge is -2.29. The maximum absolute atomic E-state index is 11.5. The van der Waals surface area contributed by atoms with Crippen molar-refractivity contribution in [1.29, 1.82) is 0 Å². The third-order valence-corrected chi connectivity index (χ3v) is 4.55. The van der Waals surface area contributed by atoms with E-state index in [2.05, 4.69) is 29.4 Å². The van der Waals surface area contributed by atoms with Crippen molar-refractivity contribution < 1.29 is 9.53 Å². The molecule has 0 fully saturated rings. The molecule has 4 rings (SSSR count). The summed E-state index contributed by atoms with van der Waals surface area (Å²) in [4.78, 5) is 11.5. The van der Waals surface area contributed by atoms with E-state index in [-0.39, 0.29) is 12.5 Å². The minimum Gasteiger partial charge on any atom is -0.482 e. The summed E-state index contributed by atoms with van der Waals surface area (Å²) < 4.78 is 5.41. The molecule has 0 radical (unpaired) electrons. The van der Waals surface area contributed by atoms with Crippen molar-refractivity contribution in [2.75, 3.05) is 11.9 Å². The van der Waals surface area contributed by atoms with E-state index < -0.39 is 0 Å². The Labute approximate surface area is 129 Å². The van der Waals surface area contributed by atoms with Gasteiger partial charge in [0, 0.05) is 16.8 Å². The van der Waals surface area contributed by atoms with Crippen LogP contribution >= 0.6 is 0 Å². The molecule has 2 aliphatic rings. The van der Waals surface area contributed by atoms with Gasteiger partial charge in [-0.2, -0.15) is 5.10 Å². The Morgan fingerprint density at radius 3 is 3.05 bits per heavy atom. The number of ether oxygens (including phenoxy) is 1. The Balaban J connectivity index is 1.73. The second-order valence-corrected chi connectivity index (χ2v) is 6.92. The molecule has 2 N–H and O–H groups in total. The minimum atomic E-state index is -0.115. The molecule has 0 saturated carbocycles. The molecular weight excluding hydrogens is 278 g/mol. The lowest BCUT2D eigenvalue weighted by molar-refractivity contribution is -0.118. The lowest BCUT2D eigenvalue weighted by atomic mass is 9.76. The molecule has 1 aliphatic carbocycles. The second kappa shape index (κ2) is 4.60. The Morgan fingerprint density at radius 2 is 2.18 bits per heavy atom. The summed E-state index contributed by atoms with van der Waals surface area (Å²) in [7, 11) is 0. The van der Waals surface area contributed by atoms with E-state index in [1.54, 1.807) is 0 Å². The van der Waals surface area contributed by atoms with Crippen molar-refractivity contribution >= 4 is 11.6 Å². The van der Waals surface area contributed by atoms with E-state index in [0.717, 1.165) is 36.2 Å². The van der Waals surface area contributed by atoms with E-state index in [1.165, 1.54) is 11.3 Å². The summed E-state index contributed by atoms with van der Waals surface area (Å²) in [5.74, 6) is 0.601. The van der Waals surface area contributed by atoms with Gasteiger partial charge < -0.3 is 10.1 Å². The first kappa shape index (κ1) is 13.4. The summed E-state index contributed by atoms with van der Waals surface area (Å²) in [5.41, 5.74) is 5.61. The average molecular weight is 297 g/mol. The Hall–Kier alpha value is -2.30. The summed E-state index contributed by atoms with van der Waals surface area (Å²) in [5, 5.41) is 10.6. The van der Waals surface area contributed by atoms with Crippen molar-refractivity contribution in [3.63, 3.8) is 0 Å². The van der Waals surface area contributed by atoms with Gasteiger partial charge in [-0.15, -0.1) is 0 Å². The maximum Gasteiger partial charge on any atom is 0.262 e. The average Bonchev–Trinajstić information content (AvgIpc) is 2.88. The third-order valence-electron chi connectivity index (χ3n) is 4.55. The number of anilines is 1. The fourth-order valence-corrected chi connectivity index (χ4v) is 3.32. The number of nitrogens with zero attached hydrogens (tertiary/aromatic N) is 1. The molecule has 0 spiro atoms. The summed E-state index contributed by atoms with van der Waals surface area (Å²) in [6.07, 6.45) is 3.23. The number of rotatable bonds is 1. The van der Waals surface area contributed by atoms with E-state index in [9.17, 15) is 4.79 Å². The van der Waals surface area contributed by atoms with Gasteiger partial charge in [-0.1, -0.05) is 13.8 Å². The smallest absolute Gasteiger partial charge is 0.262 e. The first-order valence-electron chi connectivity index (χ1n) is 7.65. The zero-order chi connectivity index (χ0) is 15.3. The maximum atomic E-state index is 11.5. The van der Waals surface area contributed by atoms with Gasteiger partial charge >= 0.3 is 0 Å². The number of carbonyl (C=O) groups is 1. The van der Waals surface area contributed by atoms with Gasteiger partial charge in [-0.05, 0) is 42.9 Å². The molecule has 2 aromatic rings. The molecule has 0 unspecified atom stereocenters. The van der Waals surface area contributed by atoms with Crippen LogP contribution in [0, 0.1) is 5.41 Å². The molecule has 22 heavy (non-hydrogen) atoms. The number of H-pyrrole nitrogens is 1. The number of amides is 1. The van der Waals surface area contributed by atoms with Crippen LogP contribution in [0.5, 0.6) is 5.75 Å². The van der Waals surface area contributed by atoms with Gasteiger partial charge in [0.2, 0.25) is 0 Å². The van der Waals surface area contributed by atoms with Crippen molar-refractivity contribution in [2.24, 2.45) is 5.41 Å². The molecule has 1 aliphatic heterocycles. The number of carbonyl (C=O) groups excluding carboxylic acids is 1. The normalized spacial score (nSPS) is 18.9. The highest BCUT2D eigenvalue weighted by Crippen LogP contribution is 2.39. The Kier molecular flexibility index (Phi) is 2.79. The lowest BCUT2D eigenvalue weighted by Crippen LogP contribution is -2.25. The van der Waals surface area contributed by atoms with Crippen molar-refractivity contribution in [1.82, 2.24) is 10.2 Å². The molecule has 5 heteroatoms. The summed E-state index contributed by atoms with van der Waals surface area (Å²) in [6.45, 7) is 4.67. The molecule has 1 aromatic heterocycles. The second-order valence-electron chi connectivity index (χ2n) is 6.92. The van der Waals surface area contributed by atoms with Crippen molar-refractivity contribution in [2.45, 2.75) is 33.1 Å². The minimum absolute atomic E-state index is 0.0826. The zero-order valence-electron chi connectivity index (χ0n) is 12.8. The molecule has 0 saturated heterocycles. The highest BCUT2D eigenvalue weighted by Gasteiger charge is 2.29. The largest absolute Gasteiger partial charge is 0.482 e. The van der Waals surface area contributed by atoms with E-state index in [4.69, 9.17) is 4.74 Å². The fourth-order valence-electron chi connectivity index (χ4n) is 3.32. The molecular formula is C17H19N3O2. The number of fused-ring (bicyclic) bond motifs is 2. The van der Waals surface area contributed by atoms with Crippen LogP contribution in [0.15, 0.2) is 18.2 Å². The predicted octanol–water partition coefficient (Wildman–Crippen LogP) is 2.92. The highest BCUT2D eigenvalue weighted by molar-refractivity contribution is 5.96.